The van der Waals surface area contributed by atoms with Crippen LogP contribution in [0, 0.1) is 0 Å². The first kappa shape index (κ1) is 22.5. The van der Waals surface area contributed by atoms with Crippen molar-refractivity contribution in [1.29, 1.82) is 0 Å². The minimum Gasteiger partial charge on any atom is -0.452 e. The molecule has 0 radical (unpaired) electrons. The predicted molar refractivity (Wildman–Crippen MR) is 128 cm³/mol. The SMILES string of the molecule is CC(C)n1ncc2c(C(=O)OCC(=O)Nc3sc4c(c3C(N)=O)CCCC4)cc(C3CC3)nc21. The second-order valence-corrected chi connectivity index (χ2v) is 10.3. The van der Waals surface area contributed by atoms with E-state index in [-0.39, 0.29) is 6.04 Å². The number of carbonyl (C=O) groups excluding carboxylic acids is 3. The van der Waals surface area contributed by atoms with Crippen molar-refractivity contribution in [3.8, 4) is 0 Å². The molecule has 10 heteroatoms. The number of rotatable bonds is 7. The van der Waals surface area contributed by atoms with E-state index in [0.717, 1.165) is 54.7 Å². The zero-order chi connectivity index (χ0) is 24.0. The van der Waals surface area contributed by atoms with Crippen LogP contribution in [0.3, 0.4) is 0 Å². The molecule has 0 spiro atoms. The Labute approximate surface area is 200 Å². The number of primary amides is 1. The van der Waals surface area contributed by atoms with E-state index in [1.54, 1.807) is 16.9 Å². The molecule has 0 aliphatic heterocycles. The monoisotopic (exact) mass is 481 g/mol. The zero-order valence-electron chi connectivity index (χ0n) is 19.2. The number of carbonyl (C=O) groups is 3. The van der Waals surface area contributed by atoms with Gasteiger partial charge in [-0.2, -0.15) is 5.10 Å². The molecule has 1 saturated carbocycles. The quantitative estimate of drug-likeness (QED) is 0.495. The molecule has 2 amide bonds. The van der Waals surface area contributed by atoms with Gasteiger partial charge in [0.1, 0.15) is 5.00 Å². The molecule has 0 aromatic carbocycles. The van der Waals surface area contributed by atoms with Crippen LogP contribution in [-0.4, -0.2) is 39.2 Å². The number of amides is 2. The third-order valence-corrected chi connectivity index (χ3v) is 7.50. The highest BCUT2D eigenvalue weighted by Crippen LogP contribution is 2.40. The minimum atomic E-state index is -0.603. The number of hydrogen-bond acceptors (Lipinski definition) is 7. The number of thiophene rings is 1. The summed E-state index contributed by atoms with van der Waals surface area (Å²) in [5.41, 5.74) is 8.76. The molecular formula is C24H27N5O4S. The molecule has 2 aliphatic carbocycles. The summed E-state index contributed by atoms with van der Waals surface area (Å²) in [5, 5.41) is 8.15. The molecule has 1 fully saturated rings. The lowest BCUT2D eigenvalue weighted by Crippen LogP contribution is -2.23. The van der Waals surface area contributed by atoms with Gasteiger partial charge in [0.2, 0.25) is 0 Å². The number of ether oxygens (including phenoxy) is 1. The van der Waals surface area contributed by atoms with Crippen LogP contribution in [0.1, 0.15) is 88.3 Å². The Bertz CT molecular complexity index is 1300. The zero-order valence-corrected chi connectivity index (χ0v) is 20.0. The lowest BCUT2D eigenvalue weighted by Gasteiger charge is -2.11. The van der Waals surface area contributed by atoms with Crippen LogP contribution in [0.15, 0.2) is 12.3 Å². The van der Waals surface area contributed by atoms with Crippen LogP contribution in [0.2, 0.25) is 0 Å². The predicted octanol–water partition coefficient (Wildman–Crippen LogP) is 3.72. The van der Waals surface area contributed by atoms with Crippen molar-refractivity contribution >= 4 is 45.2 Å². The van der Waals surface area contributed by atoms with Crippen molar-refractivity contribution in [2.45, 2.75) is 64.3 Å². The number of aromatic nitrogens is 3. The van der Waals surface area contributed by atoms with Crippen molar-refractivity contribution in [2.24, 2.45) is 5.73 Å². The number of hydrogen-bond donors (Lipinski definition) is 2. The van der Waals surface area contributed by atoms with Crippen LogP contribution in [0.5, 0.6) is 0 Å². The average molecular weight is 482 g/mol. The van der Waals surface area contributed by atoms with E-state index in [9.17, 15) is 14.4 Å². The highest BCUT2D eigenvalue weighted by atomic mass is 32.1. The number of nitrogens with one attached hydrogen (secondary N) is 1. The van der Waals surface area contributed by atoms with Gasteiger partial charge in [-0.3, -0.25) is 9.59 Å². The smallest absolute Gasteiger partial charge is 0.339 e. The standard InChI is InChI=1S/C24H27N5O4S/c1-12(2)29-22-16(10-26-29)15(9-17(27-22)13-7-8-13)24(32)33-11-19(30)28-23-20(21(25)31)14-5-3-4-6-18(14)34-23/h9-10,12-13H,3-8,11H2,1-2H3,(H2,25,31)(H,28,30). The molecule has 3 aromatic rings. The summed E-state index contributed by atoms with van der Waals surface area (Å²) in [6.45, 7) is 3.53. The summed E-state index contributed by atoms with van der Waals surface area (Å²) in [7, 11) is 0. The largest absolute Gasteiger partial charge is 0.452 e. The van der Waals surface area contributed by atoms with Gasteiger partial charge in [-0.05, 0) is 64.0 Å². The van der Waals surface area contributed by atoms with Crippen LogP contribution in [0.4, 0.5) is 5.00 Å². The second kappa shape index (κ2) is 8.83. The maximum Gasteiger partial charge on any atom is 0.339 e. The topological polar surface area (TPSA) is 129 Å². The normalized spacial score (nSPS) is 15.4. The van der Waals surface area contributed by atoms with Gasteiger partial charge >= 0.3 is 5.97 Å². The highest BCUT2D eigenvalue weighted by molar-refractivity contribution is 7.17. The summed E-state index contributed by atoms with van der Waals surface area (Å²) in [6.07, 6.45) is 7.39. The summed E-state index contributed by atoms with van der Waals surface area (Å²) < 4.78 is 7.16. The fourth-order valence-electron chi connectivity index (χ4n) is 4.46. The van der Waals surface area contributed by atoms with E-state index in [1.807, 2.05) is 13.8 Å². The molecule has 0 bridgehead atoms. The Kier molecular flexibility index (Phi) is 5.85. The molecule has 0 unspecified atom stereocenters. The van der Waals surface area contributed by atoms with E-state index in [2.05, 4.69) is 10.4 Å². The third kappa shape index (κ3) is 4.18. The van der Waals surface area contributed by atoms with E-state index < -0.39 is 24.4 Å². The van der Waals surface area contributed by atoms with Gasteiger partial charge in [-0.25, -0.2) is 14.5 Å². The number of esters is 1. The molecule has 0 atom stereocenters. The van der Waals surface area contributed by atoms with E-state index in [4.69, 9.17) is 15.5 Å². The van der Waals surface area contributed by atoms with Gasteiger partial charge in [-0.15, -0.1) is 11.3 Å². The average Bonchev–Trinajstić information content (AvgIpc) is 3.45. The van der Waals surface area contributed by atoms with Crippen molar-refractivity contribution < 1.29 is 19.1 Å². The number of nitrogens with two attached hydrogens (primary N) is 1. The van der Waals surface area contributed by atoms with E-state index in [1.165, 1.54) is 11.3 Å². The van der Waals surface area contributed by atoms with Gasteiger partial charge in [0.25, 0.3) is 11.8 Å². The number of anilines is 1. The molecule has 2 aliphatic rings. The van der Waals surface area contributed by atoms with Crippen LogP contribution in [-0.2, 0) is 22.4 Å². The van der Waals surface area contributed by atoms with Crippen molar-refractivity contribution in [3.63, 3.8) is 0 Å². The maximum absolute atomic E-state index is 13.0. The Morgan fingerprint density at radius 1 is 1.26 bits per heavy atom. The molecule has 3 aromatic heterocycles. The highest BCUT2D eigenvalue weighted by Gasteiger charge is 2.29. The second-order valence-electron chi connectivity index (χ2n) is 9.19. The third-order valence-electron chi connectivity index (χ3n) is 6.30. The Morgan fingerprint density at radius 2 is 2.03 bits per heavy atom. The van der Waals surface area contributed by atoms with Crippen molar-refractivity contribution in [1.82, 2.24) is 14.8 Å². The first-order valence-corrected chi connectivity index (χ1v) is 12.4. The molecule has 0 saturated heterocycles. The van der Waals surface area contributed by atoms with E-state index >= 15 is 0 Å². The van der Waals surface area contributed by atoms with Gasteiger partial charge in [0.15, 0.2) is 12.3 Å². The van der Waals surface area contributed by atoms with Crippen molar-refractivity contribution in [3.05, 3.63) is 39.5 Å². The first-order chi connectivity index (χ1) is 16.3. The Balaban J connectivity index is 1.34. The number of aryl methyl sites for hydroxylation is 1. The fourth-order valence-corrected chi connectivity index (χ4v) is 5.77. The molecule has 9 nitrogen and oxygen atoms in total. The van der Waals surface area contributed by atoms with Gasteiger partial charge in [0.05, 0.1) is 22.7 Å². The fraction of sp³-hybridized carbons (Fsp3) is 0.458. The molecule has 3 heterocycles. The van der Waals surface area contributed by atoms with Crippen LogP contribution < -0.4 is 11.1 Å². The summed E-state index contributed by atoms with van der Waals surface area (Å²) >= 11 is 1.38. The summed E-state index contributed by atoms with van der Waals surface area (Å²) in [4.78, 5) is 43.5. The summed E-state index contributed by atoms with van der Waals surface area (Å²) in [6, 6.07) is 1.84. The van der Waals surface area contributed by atoms with E-state index in [0.29, 0.717) is 33.1 Å². The maximum atomic E-state index is 13.0. The molecule has 34 heavy (non-hydrogen) atoms. The molecule has 5 rings (SSSR count). The minimum absolute atomic E-state index is 0.0881. The lowest BCUT2D eigenvalue weighted by molar-refractivity contribution is -0.119. The number of nitrogens with zero attached hydrogens (tertiary/aromatic N) is 3. The number of fused-ring (bicyclic) bond motifs is 2. The van der Waals surface area contributed by atoms with Crippen LogP contribution in [0.25, 0.3) is 11.0 Å². The lowest BCUT2D eigenvalue weighted by atomic mass is 9.95. The summed E-state index contributed by atoms with van der Waals surface area (Å²) in [5.74, 6) is -1.33. The molecular weight excluding hydrogens is 454 g/mol. The molecule has 3 N–H and O–H groups in total. The van der Waals surface area contributed by atoms with Gasteiger partial charge < -0.3 is 15.8 Å². The Hall–Kier alpha value is -3.27. The molecule has 178 valence electrons. The first-order valence-electron chi connectivity index (χ1n) is 11.6. The van der Waals surface area contributed by atoms with Crippen LogP contribution >= 0.6 is 11.3 Å². The van der Waals surface area contributed by atoms with Gasteiger partial charge in [-0.1, -0.05) is 0 Å². The number of pyridine rings is 1. The Morgan fingerprint density at radius 3 is 2.74 bits per heavy atom. The van der Waals surface area contributed by atoms with Gasteiger partial charge in [0, 0.05) is 22.5 Å². The van der Waals surface area contributed by atoms with Crippen molar-refractivity contribution in [2.75, 3.05) is 11.9 Å².